The number of aromatic nitrogens is 1. The van der Waals surface area contributed by atoms with E-state index >= 15 is 8.78 Å². The van der Waals surface area contributed by atoms with Crippen LogP contribution < -0.4 is 25.2 Å². The molecule has 5 heterocycles. The van der Waals surface area contributed by atoms with E-state index in [1.807, 2.05) is 23.1 Å². The van der Waals surface area contributed by atoms with Crippen molar-refractivity contribution in [3.63, 3.8) is 0 Å². The number of benzene rings is 3. The minimum absolute atomic E-state index is 0.242. The molecule has 1 aromatic heterocycles. The number of carbonyl (C=O) groups is 3. The maximum atomic E-state index is 15.8. The third-order valence-corrected chi connectivity index (χ3v) is 14.3. The average molecular weight is 857 g/mol. The lowest BCUT2D eigenvalue weighted by atomic mass is 9.49. The molecule has 328 valence electrons. The van der Waals surface area contributed by atoms with Gasteiger partial charge in [-0.1, -0.05) is 40.3 Å². The number of fused-ring (bicyclic) bond motifs is 2. The lowest BCUT2D eigenvalue weighted by molar-refractivity contribution is -0.163. The van der Waals surface area contributed by atoms with Gasteiger partial charge in [0.2, 0.25) is 11.6 Å². The van der Waals surface area contributed by atoms with E-state index in [-0.39, 0.29) is 42.0 Å². The molecule has 1 atom stereocenters. The molecule has 0 radical (unpaired) electrons. The number of piperazine rings is 1. The lowest BCUT2D eigenvalue weighted by Gasteiger charge is -2.63. The van der Waals surface area contributed by atoms with E-state index < -0.39 is 28.5 Å². The topological polar surface area (TPSA) is 115 Å². The van der Waals surface area contributed by atoms with E-state index in [0.717, 1.165) is 43.4 Å². The number of amides is 3. The zero-order chi connectivity index (χ0) is 44.4. The fourth-order valence-electron chi connectivity index (χ4n) is 11.2. The van der Waals surface area contributed by atoms with Crippen molar-refractivity contribution in [1.82, 2.24) is 25.4 Å². The van der Waals surface area contributed by atoms with Gasteiger partial charge in [-0.25, -0.2) is 13.6 Å². The molecule has 14 heteroatoms. The van der Waals surface area contributed by atoms with Crippen molar-refractivity contribution in [3.05, 3.63) is 113 Å². The molecule has 1 saturated carbocycles. The molecule has 3 saturated heterocycles. The molecule has 3 aromatic carbocycles. The summed E-state index contributed by atoms with van der Waals surface area (Å²) in [5, 5.41) is 6.70. The highest BCUT2D eigenvalue weighted by molar-refractivity contribution is 6.02. The summed E-state index contributed by atoms with van der Waals surface area (Å²) in [5.41, 5.74) is 3.12. The van der Waals surface area contributed by atoms with Crippen LogP contribution in [-0.4, -0.2) is 96.5 Å². The minimum atomic E-state index is -0.589. The number of piperidine rings is 2. The summed E-state index contributed by atoms with van der Waals surface area (Å²) in [5.74, 6) is -0.649. The molecule has 0 bridgehead atoms. The second-order valence-corrected chi connectivity index (χ2v) is 19.1. The molecule has 3 amide bonds. The number of pyridine rings is 1. The molecule has 2 N–H and O–H groups in total. The SMILES string of the molecule is [C-]#[N+]c1ccc(OC2C(C)(C)C(NC(=O)c3ccc(N4CCC(CN5CCN(c6cc7c(cc6F)C(=O)N([C@H]6CCC(=C)NC6=O)C7)CC5)CC4)c(F)c3)C2(C)C)c2cccnc12. The lowest BCUT2D eigenvalue weighted by Crippen LogP contribution is -2.74. The van der Waals surface area contributed by atoms with E-state index in [4.69, 9.17) is 11.3 Å². The predicted molar refractivity (Wildman–Crippen MR) is 238 cm³/mol. The first-order chi connectivity index (χ1) is 30.1. The highest BCUT2D eigenvalue weighted by atomic mass is 19.1. The summed E-state index contributed by atoms with van der Waals surface area (Å²) in [7, 11) is 0. The van der Waals surface area contributed by atoms with E-state index in [9.17, 15) is 14.4 Å². The van der Waals surface area contributed by atoms with E-state index in [1.54, 1.807) is 35.4 Å². The molecule has 9 rings (SSSR count). The summed E-state index contributed by atoms with van der Waals surface area (Å²) < 4.78 is 37.9. The van der Waals surface area contributed by atoms with Gasteiger partial charge in [0.15, 0.2) is 0 Å². The van der Waals surface area contributed by atoms with Gasteiger partial charge in [-0.3, -0.25) is 24.3 Å². The summed E-state index contributed by atoms with van der Waals surface area (Å²) >= 11 is 0. The number of nitrogens with zero attached hydrogens (tertiary/aromatic N) is 6. The monoisotopic (exact) mass is 856 g/mol. The molecular weight excluding hydrogens is 803 g/mol. The second-order valence-electron chi connectivity index (χ2n) is 19.1. The van der Waals surface area contributed by atoms with Gasteiger partial charge in [0.05, 0.1) is 23.5 Å². The van der Waals surface area contributed by atoms with Gasteiger partial charge in [0.25, 0.3) is 11.8 Å². The Morgan fingerprint density at radius 1 is 0.937 bits per heavy atom. The van der Waals surface area contributed by atoms with Gasteiger partial charge in [-0.2, -0.15) is 0 Å². The number of anilines is 2. The summed E-state index contributed by atoms with van der Waals surface area (Å²) in [6, 6.07) is 14.3. The van der Waals surface area contributed by atoms with Gasteiger partial charge in [-0.15, -0.1) is 0 Å². The zero-order valence-corrected chi connectivity index (χ0v) is 36.3. The molecule has 1 aliphatic carbocycles. The van der Waals surface area contributed by atoms with Crippen LogP contribution in [-0.2, 0) is 11.3 Å². The van der Waals surface area contributed by atoms with Gasteiger partial charge >= 0.3 is 0 Å². The Morgan fingerprint density at radius 2 is 1.65 bits per heavy atom. The number of ether oxygens (including phenoxy) is 1. The molecule has 4 aliphatic heterocycles. The Labute approximate surface area is 367 Å². The Bertz CT molecular complexity index is 2540. The van der Waals surface area contributed by atoms with Crippen LogP contribution in [0.4, 0.5) is 25.8 Å². The maximum absolute atomic E-state index is 15.8. The van der Waals surface area contributed by atoms with Crippen molar-refractivity contribution in [2.45, 2.75) is 78.1 Å². The van der Waals surface area contributed by atoms with Crippen LogP contribution in [0.25, 0.3) is 15.7 Å². The van der Waals surface area contributed by atoms with Crippen molar-refractivity contribution >= 4 is 45.7 Å². The Hall–Kier alpha value is -6.07. The highest BCUT2D eigenvalue weighted by Crippen LogP contribution is 2.56. The van der Waals surface area contributed by atoms with Gasteiger partial charge in [0.1, 0.15) is 29.5 Å². The standard InChI is InChI=1S/C49H54F2N8O4/c1-29-9-12-39(44(61)54-29)59-28-32-25-40(36(51)26-34(32)45(59)62)58-22-20-56(21-23-58)27-30-15-18-57(19-16-30)38-13-10-31(24-35(38)50)43(60)55-46-48(2,3)47(49(46,4)5)63-41-14-11-37(52-6)42-33(41)8-7-17-53-42/h7-8,10-11,13-14,17,24-26,30,39,46-47H,1,9,12,15-16,18-23,27-28H2,2-5H3,(H,54,61)(H,55,60)/t39-,46?,47?/m0/s1. The van der Waals surface area contributed by atoms with Crippen molar-refractivity contribution in [2.75, 3.05) is 55.6 Å². The number of hydrogen-bond acceptors (Lipinski definition) is 8. The van der Waals surface area contributed by atoms with Crippen molar-refractivity contribution in [3.8, 4) is 5.75 Å². The fourth-order valence-corrected chi connectivity index (χ4v) is 11.2. The first-order valence-electron chi connectivity index (χ1n) is 22.0. The number of hydrogen-bond donors (Lipinski definition) is 2. The van der Waals surface area contributed by atoms with Crippen LogP contribution in [0.2, 0.25) is 0 Å². The molecule has 0 unspecified atom stereocenters. The average Bonchev–Trinajstić information content (AvgIpc) is 3.58. The van der Waals surface area contributed by atoms with Crippen LogP contribution in [0.3, 0.4) is 0 Å². The number of nitrogens with one attached hydrogen (secondary N) is 2. The van der Waals surface area contributed by atoms with Crippen molar-refractivity contribution < 1.29 is 27.9 Å². The molecule has 4 aromatic rings. The number of rotatable bonds is 9. The first-order valence-corrected chi connectivity index (χ1v) is 22.0. The minimum Gasteiger partial charge on any atom is -0.489 e. The van der Waals surface area contributed by atoms with Gasteiger partial charge in [-0.05, 0) is 85.7 Å². The quantitative estimate of drug-likeness (QED) is 0.167. The molecule has 63 heavy (non-hydrogen) atoms. The van der Waals surface area contributed by atoms with Crippen LogP contribution in [0.1, 0.15) is 79.7 Å². The molecule has 5 aliphatic rings. The Morgan fingerprint density at radius 3 is 2.35 bits per heavy atom. The normalized spacial score (nSPS) is 23.5. The largest absolute Gasteiger partial charge is 0.489 e. The number of carbonyl (C=O) groups excluding carboxylic acids is 3. The molecule has 12 nitrogen and oxygen atoms in total. The Kier molecular flexibility index (Phi) is 10.9. The summed E-state index contributed by atoms with van der Waals surface area (Å²) in [4.78, 5) is 55.6. The van der Waals surface area contributed by atoms with E-state index in [2.05, 4.69) is 64.5 Å². The molecular formula is C49H54F2N8O4. The predicted octanol–water partition coefficient (Wildman–Crippen LogP) is 7.46. The van der Waals surface area contributed by atoms with Crippen molar-refractivity contribution in [1.29, 1.82) is 0 Å². The van der Waals surface area contributed by atoms with E-state index in [1.165, 1.54) is 12.1 Å². The van der Waals surface area contributed by atoms with Crippen LogP contribution in [0.15, 0.2) is 73.1 Å². The first kappa shape index (κ1) is 42.2. The van der Waals surface area contributed by atoms with Crippen LogP contribution >= 0.6 is 0 Å². The smallest absolute Gasteiger partial charge is 0.255 e. The van der Waals surface area contributed by atoms with Crippen LogP contribution in [0.5, 0.6) is 5.75 Å². The number of allylic oxidation sites excluding steroid dienone is 1. The molecule has 0 spiro atoms. The third kappa shape index (κ3) is 7.64. The maximum Gasteiger partial charge on any atom is 0.255 e. The molecule has 4 fully saturated rings. The number of halogens is 2. The van der Waals surface area contributed by atoms with E-state index in [0.29, 0.717) is 84.5 Å². The summed E-state index contributed by atoms with van der Waals surface area (Å²) in [6.45, 7) is 25.1. The van der Waals surface area contributed by atoms with Crippen molar-refractivity contribution in [2.24, 2.45) is 16.7 Å². The van der Waals surface area contributed by atoms with Crippen LogP contribution in [0, 0.1) is 35.0 Å². The highest BCUT2D eigenvalue weighted by Gasteiger charge is 2.64. The summed E-state index contributed by atoms with van der Waals surface area (Å²) in [6.07, 6.45) is 4.33. The second kappa shape index (κ2) is 16.2. The Balaban J connectivity index is 0.755. The van der Waals surface area contributed by atoms with Gasteiger partial charge < -0.3 is 30.1 Å². The zero-order valence-electron chi connectivity index (χ0n) is 36.3. The fraction of sp³-hybridized carbons (Fsp3) is 0.449. The van der Waals surface area contributed by atoms with Gasteiger partial charge in [0, 0.05) is 97.6 Å². The third-order valence-electron chi connectivity index (χ3n) is 14.3.